The van der Waals surface area contributed by atoms with Crippen LogP contribution in [0.2, 0.25) is 0 Å². The van der Waals surface area contributed by atoms with E-state index < -0.39 is 6.10 Å². The third kappa shape index (κ3) is 6.17. The van der Waals surface area contributed by atoms with Crippen molar-refractivity contribution in [1.29, 1.82) is 0 Å². The summed E-state index contributed by atoms with van der Waals surface area (Å²) >= 11 is 0. The molecule has 0 spiro atoms. The van der Waals surface area contributed by atoms with Crippen LogP contribution >= 0.6 is 0 Å². The van der Waals surface area contributed by atoms with E-state index in [1.807, 2.05) is 6.92 Å². The van der Waals surface area contributed by atoms with Crippen molar-refractivity contribution in [2.75, 3.05) is 26.4 Å². The lowest BCUT2D eigenvalue weighted by atomic mass is 9.85. The number of aliphatic hydroxyl groups is 1. The van der Waals surface area contributed by atoms with Gasteiger partial charge in [0.15, 0.2) is 0 Å². The molecule has 0 aromatic carbocycles. The maximum Gasteiger partial charge on any atom is 0.0920 e. The fraction of sp³-hybridized carbons (Fsp3) is 0.846. The number of hydrogen-bond donors (Lipinski definition) is 2. The van der Waals surface area contributed by atoms with Crippen molar-refractivity contribution in [3.8, 4) is 0 Å². The Hall–Kier alpha value is -0.420. The van der Waals surface area contributed by atoms with Gasteiger partial charge in [0.25, 0.3) is 0 Å². The van der Waals surface area contributed by atoms with Gasteiger partial charge in [0.1, 0.15) is 0 Å². The topological polar surface area (TPSA) is 50.7 Å². The molecule has 0 saturated heterocycles. The van der Waals surface area contributed by atoms with Crippen molar-refractivity contribution in [3.63, 3.8) is 0 Å². The SMILES string of the molecule is CCONCC(O)COCC1CC=CCC1C. The van der Waals surface area contributed by atoms with Crippen LogP contribution in [-0.2, 0) is 9.57 Å². The predicted octanol–water partition coefficient (Wildman–Crippen LogP) is 1.51. The molecule has 0 saturated carbocycles. The third-order valence-corrected chi connectivity index (χ3v) is 3.13. The minimum absolute atomic E-state index is 0.368. The predicted molar refractivity (Wildman–Crippen MR) is 67.5 cm³/mol. The quantitative estimate of drug-likeness (QED) is 0.385. The van der Waals surface area contributed by atoms with E-state index in [0.29, 0.717) is 31.6 Å². The molecule has 0 aromatic rings. The van der Waals surface area contributed by atoms with E-state index >= 15 is 0 Å². The molecule has 0 fully saturated rings. The smallest absolute Gasteiger partial charge is 0.0920 e. The monoisotopic (exact) mass is 243 g/mol. The number of allylic oxidation sites excluding steroid dienone is 2. The fourth-order valence-electron chi connectivity index (χ4n) is 1.91. The molecule has 4 heteroatoms. The van der Waals surface area contributed by atoms with Gasteiger partial charge in [-0.05, 0) is 31.6 Å². The number of rotatable bonds is 8. The Morgan fingerprint density at radius 1 is 1.41 bits per heavy atom. The summed E-state index contributed by atoms with van der Waals surface area (Å²) < 4.78 is 5.56. The van der Waals surface area contributed by atoms with Crippen LogP contribution in [-0.4, -0.2) is 37.6 Å². The second kappa shape index (κ2) is 8.64. The summed E-state index contributed by atoms with van der Waals surface area (Å²) in [5, 5.41) is 9.59. The van der Waals surface area contributed by atoms with Crippen LogP contribution in [0.4, 0.5) is 0 Å². The molecule has 0 amide bonds. The van der Waals surface area contributed by atoms with Crippen LogP contribution < -0.4 is 5.48 Å². The van der Waals surface area contributed by atoms with E-state index in [4.69, 9.17) is 9.57 Å². The zero-order valence-corrected chi connectivity index (χ0v) is 10.9. The third-order valence-electron chi connectivity index (χ3n) is 3.13. The first-order valence-corrected chi connectivity index (χ1v) is 6.49. The van der Waals surface area contributed by atoms with E-state index in [1.165, 1.54) is 0 Å². The summed E-state index contributed by atoms with van der Waals surface area (Å²) in [4.78, 5) is 4.94. The van der Waals surface area contributed by atoms with Crippen LogP contribution in [0, 0.1) is 11.8 Å². The molecular formula is C13H25NO3. The van der Waals surface area contributed by atoms with E-state index in [1.54, 1.807) is 0 Å². The summed E-state index contributed by atoms with van der Waals surface area (Å²) in [6.45, 7) is 6.26. The average Bonchev–Trinajstić information content (AvgIpc) is 2.32. The largest absolute Gasteiger partial charge is 0.389 e. The Morgan fingerprint density at radius 3 is 2.88 bits per heavy atom. The Morgan fingerprint density at radius 2 is 2.18 bits per heavy atom. The maximum absolute atomic E-state index is 9.59. The molecule has 2 N–H and O–H groups in total. The van der Waals surface area contributed by atoms with E-state index in [2.05, 4.69) is 24.6 Å². The molecule has 0 aliphatic heterocycles. The van der Waals surface area contributed by atoms with Crippen LogP contribution in [0.3, 0.4) is 0 Å². The Kier molecular flexibility index (Phi) is 7.44. The lowest BCUT2D eigenvalue weighted by molar-refractivity contribution is -0.0209. The highest BCUT2D eigenvalue weighted by Crippen LogP contribution is 2.24. The Bertz CT molecular complexity index is 221. The Labute approximate surface area is 104 Å². The van der Waals surface area contributed by atoms with Crippen molar-refractivity contribution in [3.05, 3.63) is 12.2 Å². The number of aliphatic hydroxyl groups excluding tert-OH is 1. The van der Waals surface area contributed by atoms with Crippen LogP contribution in [0.15, 0.2) is 12.2 Å². The van der Waals surface area contributed by atoms with Crippen molar-refractivity contribution in [1.82, 2.24) is 5.48 Å². The molecule has 1 rings (SSSR count). The fourth-order valence-corrected chi connectivity index (χ4v) is 1.91. The summed E-state index contributed by atoms with van der Waals surface area (Å²) in [6, 6.07) is 0. The molecule has 0 bridgehead atoms. The Balaban J connectivity index is 2.04. The molecule has 0 heterocycles. The number of hydrogen-bond acceptors (Lipinski definition) is 4. The van der Waals surface area contributed by atoms with Crippen molar-refractivity contribution in [2.45, 2.75) is 32.8 Å². The minimum Gasteiger partial charge on any atom is -0.389 e. The van der Waals surface area contributed by atoms with Crippen LogP contribution in [0.25, 0.3) is 0 Å². The summed E-state index contributed by atoms with van der Waals surface area (Å²) in [5.41, 5.74) is 2.69. The van der Waals surface area contributed by atoms with Gasteiger partial charge in [-0.3, -0.25) is 0 Å². The van der Waals surface area contributed by atoms with Crippen molar-refractivity contribution in [2.24, 2.45) is 11.8 Å². The molecule has 3 atom stereocenters. The number of hydroxylamine groups is 1. The van der Waals surface area contributed by atoms with E-state index in [0.717, 1.165) is 19.4 Å². The second-order valence-corrected chi connectivity index (χ2v) is 4.65. The number of ether oxygens (including phenoxy) is 1. The standard InChI is InChI=1S/C13H25NO3/c1-3-17-14-8-13(15)10-16-9-12-7-5-4-6-11(12)2/h4-5,11-15H,3,6-10H2,1-2H3. The highest BCUT2D eigenvalue weighted by atomic mass is 16.6. The van der Waals surface area contributed by atoms with Gasteiger partial charge in [0, 0.05) is 6.54 Å². The minimum atomic E-state index is -0.504. The lowest BCUT2D eigenvalue weighted by Gasteiger charge is -2.25. The van der Waals surface area contributed by atoms with Gasteiger partial charge in [-0.2, -0.15) is 5.48 Å². The first-order valence-electron chi connectivity index (χ1n) is 6.49. The van der Waals surface area contributed by atoms with E-state index in [-0.39, 0.29) is 0 Å². The lowest BCUT2D eigenvalue weighted by Crippen LogP contribution is -2.31. The number of nitrogens with one attached hydrogen (secondary N) is 1. The molecule has 0 aromatic heterocycles. The van der Waals surface area contributed by atoms with Gasteiger partial charge in [0.05, 0.1) is 25.9 Å². The zero-order chi connectivity index (χ0) is 12.5. The maximum atomic E-state index is 9.59. The highest BCUT2D eigenvalue weighted by Gasteiger charge is 2.18. The average molecular weight is 243 g/mol. The summed E-state index contributed by atoms with van der Waals surface area (Å²) in [5.74, 6) is 1.27. The van der Waals surface area contributed by atoms with Gasteiger partial charge in [-0.15, -0.1) is 0 Å². The first kappa shape index (κ1) is 14.6. The first-order chi connectivity index (χ1) is 8.24. The molecule has 1 aliphatic carbocycles. The molecule has 3 unspecified atom stereocenters. The van der Waals surface area contributed by atoms with Crippen molar-refractivity contribution < 1.29 is 14.7 Å². The molecule has 0 radical (unpaired) electrons. The zero-order valence-electron chi connectivity index (χ0n) is 10.9. The molecule has 17 heavy (non-hydrogen) atoms. The van der Waals surface area contributed by atoms with Gasteiger partial charge in [-0.1, -0.05) is 19.1 Å². The van der Waals surface area contributed by atoms with Gasteiger partial charge < -0.3 is 14.7 Å². The summed E-state index contributed by atoms with van der Waals surface area (Å²) in [6.07, 6.45) is 6.19. The highest BCUT2D eigenvalue weighted by molar-refractivity contribution is 4.93. The second-order valence-electron chi connectivity index (χ2n) is 4.65. The van der Waals surface area contributed by atoms with E-state index in [9.17, 15) is 5.11 Å². The van der Waals surface area contributed by atoms with Gasteiger partial charge >= 0.3 is 0 Å². The normalized spacial score (nSPS) is 26.1. The van der Waals surface area contributed by atoms with Crippen LogP contribution in [0.1, 0.15) is 26.7 Å². The van der Waals surface area contributed by atoms with Gasteiger partial charge in [0.2, 0.25) is 0 Å². The molecular weight excluding hydrogens is 218 g/mol. The van der Waals surface area contributed by atoms with Gasteiger partial charge in [-0.25, -0.2) is 0 Å². The van der Waals surface area contributed by atoms with Crippen molar-refractivity contribution >= 4 is 0 Å². The molecule has 100 valence electrons. The molecule has 4 nitrogen and oxygen atoms in total. The van der Waals surface area contributed by atoms with Crippen LogP contribution in [0.5, 0.6) is 0 Å². The summed E-state index contributed by atoms with van der Waals surface area (Å²) in [7, 11) is 0. The molecule has 1 aliphatic rings.